The lowest BCUT2D eigenvalue weighted by Gasteiger charge is -2.10. The standard InChI is InChI=1S/C14H10BrFN2O3/c15-9-2-1-3-10(16)12(9)13(19)18-11-5-4-7(17)6-8(11)14(20)21/h1-6H,17H2,(H,18,19)(H,20,21). The van der Waals surface area contributed by atoms with Crippen molar-refractivity contribution in [1.29, 1.82) is 0 Å². The smallest absolute Gasteiger partial charge is 0.337 e. The summed E-state index contributed by atoms with van der Waals surface area (Å²) in [4.78, 5) is 23.2. The molecule has 2 rings (SSSR count). The van der Waals surface area contributed by atoms with Gasteiger partial charge in [0.25, 0.3) is 5.91 Å². The van der Waals surface area contributed by atoms with E-state index in [1.807, 2.05) is 0 Å². The number of carbonyl (C=O) groups excluding carboxylic acids is 1. The number of benzene rings is 2. The third-order valence-electron chi connectivity index (χ3n) is 2.71. The maximum atomic E-state index is 13.7. The fourth-order valence-corrected chi connectivity index (χ4v) is 2.27. The first kappa shape index (κ1) is 15.0. The van der Waals surface area contributed by atoms with E-state index in [4.69, 9.17) is 10.8 Å². The number of hydrogen-bond donors (Lipinski definition) is 3. The molecule has 108 valence electrons. The Morgan fingerprint density at radius 2 is 1.95 bits per heavy atom. The van der Waals surface area contributed by atoms with Gasteiger partial charge in [-0.3, -0.25) is 4.79 Å². The Labute approximate surface area is 127 Å². The molecule has 0 aliphatic heterocycles. The zero-order valence-corrected chi connectivity index (χ0v) is 12.1. The van der Waals surface area contributed by atoms with Crippen LogP contribution in [0.15, 0.2) is 40.9 Å². The molecule has 2 aromatic carbocycles. The van der Waals surface area contributed by atoms with Gasteiger partial charge in [0.05, 0.1) is 16.8 Å². The molecule has 0 radical (unpaired) electrons. The lowest BCUT2D eigenvalue weighted by molar-refractivity contribution is 0.0698. The van der Waals surface area contributed by atoms with Gasteiger partial charge in [-0.25, -0.2) is 9.18 Å². The molecule has 0 atom stereocenters. The summed E-state index contributed by atoms with van der Waals surface area (Å²) in [6.45, 7) is 0. The summed E-state index contributed by atoms with van der Waals surface area (Å²) in [6.07, 6.45) is 0. The highest BCUT2D eigenvalue weighted by atomic mass is 79.9. The molecule has 0 heterocycles. The number of anilines is 2. The highest BCUT2D eigenvalue weighted by molar-refractivity contribution is 9.10. The Morgan fingerprint density at radius 1 is 1.24 bits per heavy atom. The molecule has 4 N–H and O–H groups in total. The molecule has 0 unspecified atom stereocenters. The van der Waals surface area contributed by atoms with Crippen molar-refractivity contribution in [3.8, 4) is 0 Å². The second-order valence-corrected chi connectivity index (χ2v) is 5.02. The van der Waals surface area contributed by atoms with Crippen molar-refractivity contribution in [2.75, 3.05) is 11.1 Å². The predicted octanol–water partition coefficient (Wildman–Crippen LogP) is 3.12. The number of nitrogens with one attached hydrogen (secondary N) is 1. The van der Waals surface area contributed by atoms with Gasteiger partial charge in [0.15, 0.2) is 0 Å². The van der Waals surface area contributed by atoms with Gasteiger partial charge in [-0.2, -0.15) is 0 Å². The average Bonchev–Trinajstić information content (AvgIpc) is 2.40. The number of amides is 1. The Bertz CT molecular complexity index is 714. The number of halogens is 2. The molecule has 7 heteroatoms. The number of carbonyl (C=O) groups is 2. The molecule has 2 aromatic rings. The molecule has 0 spiro atoms. The second-order valence-electron chi connectivity index (χ2n) is 4.16. The third-order valence-corrected chi connectivity index (χ3v) is 3.37. The molecule has 0 aliphatic rings. The number of carboxylic acid groups (broad SMARTS) is 1. The molecular formula is C14H10BrFN2O3. The number of hydrogen-bond acceptors (Lipinski definition) is 3. The van der Waals surface area contributed by atoms with Crippen LogP contribution in [-0.2, 0) is 0 Å². The van der Waals surface area contributed by atoms with Gasteiger partial charge in [-0.1, -0.05) is 6.07 Å². The summed E-state index contributed by atoms with van der Waals surface area (Å²) in [5.74, 6) is -2.72. The van der Waals surface area contributed by atoms with Crippen molar-refractivity contribution < 1.29 is 19.1 Å². The Morgan fingerprint density at radius 3 is 2.57 bits per heavy atom. The van der Waals surface area contributed by atoms with E-state index in [0.29, 0.717) is 0 Å². The molecule has 0 aliphatic carbocycles. The number of aromatic carboxylic acids is 1. The SMILES string of the molecule is Nc1ccc(NC(=O)c2c(F)cccc2Br)c(C(=O)O)c1. The van der Waals surface area contributed by atoms with Gasteiger partial charge >= 0.3 is 5.97 Å². The van der Waals surface area contributed by atoms with Crippen LogP contribution in [0.5, 0.6) is 0 Å². The highest BCUT2D eigenvalue weighted by Crippen LogP contribution is 2.23. The lowest BCUT2D eigenvalue weighted by atomic mass is 10.1. The van der Waals surface area contributed by atoms with Gasteiger partial charge < -0.3 is 16.2 Å². The van der Waals surface area contributed by atoms with Crippen LogP contribution < -0.4 is 11.1 Å². The molecule has 21 heavy (non-hydrogen) atoms. The van der Waals surface area contributed by atoms with E-state index in [2.05, 4.69) is 21.2 Å². The van der Waals surface area contributed by atoms with Crippen LogP contribution in [0.4, 0.5) is 15.8 Å². The highest BCUT2D eigenvalue weighted by Gasteiger charge is 2.18. The molecule has 5 nitrogen and oxygen atoms in total. The number of nitrogens with two attached hydrogens (primary N) is 1. The topological polar surface area (TPSA) is 92.4 Å². The average molecular weight is 353 g/mol. The first-order valence-electron chi connectivity index (χ1n) is 5.78. The first-order valence-corrected chi connectivity index (χ1v) is 6.57. The minimum Gasteiger partial charge on any atom is -0.478 e. The van der Waals surface area contributed by atoms with Gasteiger partial charge in [0.2, 0.25) is 0 Å². The molecule has 0 fully saturated rings. The normalized spacial score (nSPS) is 10.2. The quantitative estimate of drug-likeness (QED) is 0.740. The molecular weight excluding hydrogens is 343 g/mol. The van der Waals surface area contributed by atoms with Crippen molar-refractivity contribution >= 4 is 39.2 Å². The van der Waals surface area contributed by atoms with Crippen LogP contribution in [0.3, 0.4) is 0 Å². The maximum absolute atomic E-state index is 13.7. The van der Waals surface area contributed by atoms with E-state index in [0.717, 1.165) is 6.07 Å². The van der Waals surface area contributed by atoms with E-state index in [-0.39, 0.29) is 27.0 Å². The summed E-state index contributed by atoms with van der Waals surface area (Å²) in [5, 5.41) is 11.5. The van der Waals surface area contributed by atoms with Crippen LogP contribution in [-0.4, -0.2) is 17.0 Å². The number of rotatable bonds is 3. The van der Waals surface area contributed by atoms with E-state index >= 15 is 0 Å². The van der Waals surface area contributed by atoms with E-state index in [1.165, 1.54) is 30.3 Å². The molecule has 0 aromatic heterocycles. The Hall–Kier alpha value is -2.41. The zero-order chi connectivity index (χ0) is 15.6. The number of nitrogen functional groups attached to an aromatic ring is 1. The van der Waals surface area contributed by atoms with Crippen molar-refractivity contribution in [1.82, 2.24) is 0 Å². The van der Waals surface area contributed by atoms with Crippen molar-refractivity contribution in [3.05, 3.63) is 57.8 Å². The zero-order valence-electron chi connectivity index (χ0n) is 10.6. The first-order chi connectivity index (χ1) is 9.90. The second kappa shape index (κ2) is 5.92. The molecule has 0 bridgehead atoms. The van der Waals surface area contributed by atoms with Crippen LogP contribution in [0.25, 0.3) is 0 Å². The Kier molecular flexibility index (Phi) is 4.23. The molecule has 0 saturated heterocycles. The minimum absolute atomic E-state index is 0.0388. The predicted molar refractivity (Wildman–Crippen MR) is 79.9 cm³/mol. The van der Waals surface area contributed by atoms with Gasteiger partial charge in [-0.05, 0) is 46.3 Å². The van der Waals surface area contributed by atoms with Gasteiger partial charge in [0.1, 0.15) is 5.82 Å². The lowest BCUT2D eigenvalue weighted by Crippen LogP contribution is -2.17. The van der Waals surface area contributed by atoms with Crippen molar-refractivity contribution in [2.24, 2.45) is 0 Å². The fraction of sp³-hybridized carbons (Fsp3) is 0. The summed E-state index contributed by atoms with van der Waals surface area (Å²) >= 11 is 3.08. The molecule has 1 amide bonds. The van der Waals surface area contributed by atoms with Gasteiger partial charge in [0, 0.05) is 10.2 Å². The molecule has 0 saturated carbocycles. The minimum atomic E-state index is -1.25. The monoisotopic (exact) mass is 352 g/mol. The summed E-state index contributed by atoms with van der Waals surface area (Å²) < 4.78 is 14.0. The summed E-state index contributed by atoms with van der Waals surface area (Å²) in [5.41, 5.74) is 5.42. The van der Waals surface area contributed by atoms with Crippen LogP contribution in [0.1, 0.15) is 20.7 Å². The third kappa shape index (κ3) is 3.19. The Balaban J connectivity index is 2.39. The maximum Gasteiger partial charge on any atom is 0.337 e. The van der Waals surface area contributed by atoms with Crippen molar-refractivity contribution in [3.63, 3.8) is 0 Å². The van der Waals surface area contributed by atoms with E-state index < -0.39 is 17.7 Å². The van der Waals surface area contributed by atoms with Gasteiger partial charge in [-0.15, -0.1) is 0 Å². The summed E-state index contributed by atoms with van der Waals surface area (Å²) in [6, 6.07) is 8.11. The van der Waals surface area contributed by atoms with Crippen LogP contribution in [0, 0.1) is 5.82 Å². The number of carboxylic acids is 1. The van der Waals surface area contributed by atoms with Crippen LogP contribution >= 0.6 is 15.9 Å². The van der Waals surface area contributed by atoms with E-state index in [9.17, 15) is 14.0 Å². The largest absolute Gasteiger partial charge is 0.478 e. The van der Waals surface area contributed by atoms with Crippen molar-refractivity contribution in [2.45, 2.75) is 0 Å². The van der Waals surface area contributed by atoms with E-state index in [1.54, 1.807) is 0 Å². The fourth-order valence-electron chi connectivity index (χ4n) is 1.75. The van der Waals surface area contributed by atoms with Crippen LogP contribution in [0.2, 0.25) is 0 Å². The summed E-state index contributed by atoms with van der Waals surface area (Å²) in [7, 11) is 0.